The van der Waals surface area contributed by atoms with Gasteiger partial charge in [0.05, 0.1) is 29.3 Å². The van der Waals surface area contributed by atoms with Crippen LogP contribution in [0.3, 0.4) is 0 Å². The minimum atomic E-state index is -3.95. The molecular formula is C23H21N5O4S2. The largest absolute Gasteiger partial charge is 0.497 e. The van der Waals surface area contributed by atoms with Gasteiger partial charge >= 0.3 is 0 Å². The van der Waals surface area contributed by atoms with E-state index in [1.165, 1.54) is 15.9 Å². The molecule has 0 atom stereocenters. The average molecular weight is 496 g/mol. The number of rotatable bonds is 6. The molecule has 0 spiro atoms. The maximum absolute atomic E-state index is 13.5. The summed E-state index contributed by atoms with van der Waals surface area (Å²) in [4.78, 5) is 4.80. The van der Waals surface area contributed by atoms with Crippen molar-refractivity contribution in [2.24, 2.45) is 0 Å². The number of hydrogen-bond donors (Lipinski definition) is 1. The van der Waals surface area contributed by atoms with Crippen molar-refractivity contribution in [1.29, 1.82) is 0 Å². The molecule has 0 aliphatic carbocycles. The van der Waals surface area contributed by atoms with Crippen LogP contribution in [0.15, 0.2) is 57.8 Å². The molecule has 0 saturated carbocycles. The second kappa shape index (κ2) is 8.26. The third-order valence-corrected chi connectivity index (χ3v) is 8.14. The number of anilines is 2. The molecule has 0 saturated heterocycles. The van der Waals surface area contributed by atoms with Gasteiger partial charge < -0.3 is 14.8 Å². The fourth-order valence-electron chi connectivity index (χ4n) is 3.59. The van der Waals surface area contributed by atoms with Crippen LogP contribution in [0.4, 0.5) is 11.5 Å². The Morgan fingerprint density at radius 1 is 0.971 bits per heavy atom. The van der Waals surface area contributed by atoms with Crippen LogP contribution in [0.5, 0.6) is 11.5 Å². The summed E-state index contributed by atoms with van der Waals surface area (Å²) in [7, 11) is -0.802. The lowest BCUT2D eigenvalue weighted by atomic mass is 10.1. The van der Waals surface area contributed by atoms with E-state index in [1.807, 2.05) is 25.3 Å². The Morgan fingerprint density at radius 3 is 2.38 bits per heavy atom. The van der Waals surface area contributed by atoms with Crippen LogP contribution in [0, 0.1) is 13.8 Å². The lowest BCUT2D eigenvalue weighted by molar-refractivity contribution is 0.395. The SMILES string of the molecule is COc1cc(Nc2nc3c(S(=O)(=O)c4ccc(C)c(C)c4)nnn3c3ccsc23)cc(OC)c1. The first-order valence-electron chi connectivity index (χ1n) is 10.3. The van der Waals surface area contributed by atoms with E-state index in [2.05, 4.69) is 20.6 Å². The number of hydrogen-bond acceptors (Lipinski definition) is 9. The van der Waals surface area contributed by atoms with Crippen LogP contribution in [0.1, 0.15) is 11.1 Å². The Morgan fingerprint density at radius 2 is 1.71 bits per heavy atom. The van der Waals surface area contributed by atoms with E-state index >= 15 is 0 Å². The standard InChI is InChI=1S/C23H21N5O4S2/c1-13-5-6-18(9-14(13)2)34(29,30)23-22-25-21(20-19(7-8-33-20)28(22)27-26-23)24-15-10-16(31-3)12-17(11-15)32-4/h5-12H,1-4H3,(H,24,25). The first-order valence-corrected chi connectivity index (χ1v) is 12.6. The molecule has 5 aromatic rings. The highest BCUT2D eigenvalue weighted by molar-refractivity contribution is 7.91. The van der Waals surface area contributed by atoms with E-state index in [0.29, 0.717) is 28.5 Å². The molecule has 0 aliphatic rings. The van der Waals surface area contributed by atoms with Crippen LogP contribution >= 0.6 is 11.3 Å². The first-order chi connectivity index (χ1) is 16.3. The van der Waals surface area contributed by atoms with E-state index in [1.54, 1.807) is 50.6 Å². The highest BCUT2D eigenvalue weighted by atomic mass is 32.2. The number of fused-ring (bicyclic) bond motifs is 3. The molecule has 34 heavy (non-hydrogen) atoms. The second-order valence-electron chi connectivity index (χ2n) is 7.70. The van der Waals surface area contributed by atoms with Gasteiger partial charge in [0.2, 0.25) is 14.9 Å². The molecule has 3 aromatic heterocycles. The zero-order valence-corrected chi connectivity index (χ0v) is 20.5. The van der Waals surface area contributed by atoms with Gasteiger partial charge in [0.1, 0.15) is 11.5 Å². The minimum absolute atomic E-state index is 0.140. The Labute approximate surface area is 199 Å². The Bertz CT molecular complexity index is 1640. The zero-order valence-electron chi connectivity index (χ0n) is 18.9. The summed E-state index contributed by atoms with van der Waals surface area (Å²) >= 11 is 1.46. The minimum Gasteiger partial charge on any atom is -0.497 e. The molecule has 0 unspecified atom stereocenters. The van der Waals surface area contributed by atoms with E-state index in [0.717, 1.165) is 15.8 Å². The van der Waals surface area contributed by atoms with Gasteiger partial charge in [0, 0.05) is 23.9 Å². The topological polar surface area (TPSA) is 108 Å². The Kier molecular flexibility index (Phi) is 5.37. The Balaban J connectivity index is 1.68. The van der Waals surface area contributed by atoms with Crippen LogP contribution in [-0.4, -0.2) is 42.4 Å². The molecule has 9 nitrogen and oxygen atoms in total. The maximum atomic E-state index is 13.5. The number of methoxy groups -OCH3 is 2. The van der Waals surface area contributed by atoms with Gasteiger partial charge in [-0.05, 0) is 48.6 Å². The number of nitrogens with zero attached hydrogens (tertiary/aromatic N) is 4. The number of thiophene rings is 1. The summed E-state index contributed by atoms with van der Waals surface area (Å²) in [6, 6.07) is 12.2. The van der Waals surface area contributed by atoms with Crippen molar-refractivity contribution in [2.75, 3.05) is 19.5 Å². The van der Waals surface area contributed by atoms with Crippen LogP contribution in [0.25, 0.3) is 15.9 Å². The summed E-state index contributed by atoms with van der Waals surface area (Å²) in [5.74, 6) is 1.69. The lowest BCUT2D eigenvalue weighted by Crippen LogP contribution is -2.06. The van der Waals surface area contributed by atoms with Crippen molar-refractivity contribution in [3.05, 3.63) is 59.0 Å². The number of aryl methyl sites for hydroxylation is 2. The molecule has 0 bridgehead atoms. The van der Waals surface area contributed by atoms with Crippen molar-refractivity contribution in [3.63, 3.8) is 0 Å². The van der Waals surface area contributed by atoms with Gasteiger partial charge in [0.25, 0.3) is 0 Å². The first kappa shape index (κ1) is 22.1. The van der Waals surface area contributed by atoms with Gasteiger partial charge in [0.15, 0.2) is 11.5 Å². The third kappa shape index (κ3) is 3.62. The predicted molar refractivity (Wildman–Crippen MR) is 130 cm³/mol. The average Bonchev–Trinajstić information content (AvgIpc) is 3.48. The van der Waals surface area contributed by atoms with Crippen LogP contribution in [0.2, 0.25) is 0 Å². The molecule has 0 aliphatic heterocycles. The summed E-state index contributed by atoms with van der Waals surface area (Å²) in [6.45, 7) is 3.80. The van der Waals surface area contributed by atoms with Crippen molar-refractivity contribution >= 4 is 48.5 Å². The number of nitrogens with one attached hydrogen (secondary N) is 1. The van der Waals surface area contributed by atoms with Crippen molar-refractivity contribution < 1.29 is 17.9 Å². The van der Waals surface area contributed by atoms with Gasteiger partial charge in [-0.2, -0.15) is 4.52 Å². The Hall–Kier alpha value is -3.70. The van der Waals surface area contributed by atoms with E-state index in [4.69, 9.17) is 9.47 Å². The van der Waals surface area contributed by atoms with E-state index in [-0.39, 0.29) is 15.6 Å². The van der Waals surface area contributed by atoms with E-state index < -0.39 is 9.84 Å². The maximum Gasteiger partial charge on any atom is 0.229 e. The van der Waals surface area contributed by atoms with Crippen molar-refractivity contribution in [2.45, 2.75) is 23.8 Å². The van der Waals surface area contributed by atoms with Crippen molar-refractivity contribution in [3.8, 4) is 11.5 Å². The quantitative estimate of drug-likeness (QED) is 0.366. The molecule has 0 amide bonds. The van der Waals surface area contributed by atoms with Crippen molar-refractivity contribution in [1.82, 2.24) is 19.8 Å². The zero-order chi connectivity index (χ0) is 24.0. The summed E-state index contributed by atoms with van der Waals surface area (Å²) in [5.41, 5.74) is 3.39. The number of aromatic nitrogens is 4. The number of benzene rings is 2. The monoisotopic (exact) mass is 495 g/mol. The summed E-state index contributed by atoms with van der Waals surface area (Å²) in [6.07, 6.45) is 0. The highest BCUT2D eigenvalue weighted by Crippen LogP contribution is 2.34. The van der Waals surface area contributed by atoms with Crippen LogP contribution < -0.4 is 14.8 Å². The van der Waals surface area contributed by atoms with E-state index in [9.17, 15) is 8.42 Å². The van der Waals surface area contributed by atoms with Gasteiger partial charge in [-0.1, -0.05) is 11.3 Å². The number of sulfone groups is 1. The van der Waals surface area contributed by atoms with Gasteiger partial charge in [-0.15, -0.1) is 16.4 Å². The molecule has 2 aromatic carbocycles. The molecule has 1 N–H and O–H groups in total. The molecule has 3 heterocycles. The smallest absolute Gasteiger partial charge is 0.229 e. The molecule has 11 heteroatoms. The summed E-state index contributed by atoms with van der Waals surface area (Å²) in [5, 5.41) is 13.1. The molecule has 174 valence electrons. The normalized spacial score (nSPS) is 11.8. The molecule has 0 radical (unpaired) electrons. The van der Waals surface area contributed by atoms with Gasteiger partial charge in [-0.25, -0.2) is 13.4 Å². The third-order valence-electron chi connectivity index (χ3n) is 5.58. The van der Waals surface area contributed by atoms with Crippen LogP contribution in [-0.2, 0) is 9.84 Å². The fourth-order valence-corrected chi connectivity index (χ4v) is 5.73. The summed E-state index contributed by atoms with van der Waals surface area (Å²) < 4.78 is 39.9. The fraction of sp³-hybridized carbons (Fsp3) is 0.174. The predicted octanol–water partition coefficient (Wildman–Crippen LogP) is 4.55. The lowest BCUT2D eigenvalue weighted by Gasteiger charge is -2.11. The molecule has 0 fully saturated rings. The number of ether oxygens (including phenoxy) is 2. The molecular weight excluding hydrogens is 474 g/mol. The highest BCUT2D eigenvalue weighted by Gasteiger charge is 2.27. The second-order valence-corrected chi connectivity index (χ2v) is 10.5. The molecule has 5 rings (SSSR count). The van der Waals surface area contributed by atoms with Gasteiger partial charge in [-0.3, -0.25) is 0 Å².